The van der Waals surface area contributed by atoms with Crippen molar-refractivity contribution in [2.45, 2.75) is 32.6 Å². The van der Waals surface area contributed by atoms with Crippen LogP contribution in [0.4, 0.5) is 11.5 Å². The average Bonchev–Trinajstić information content (AvgIpc) is 2.75. The smallest absolute Gasteiger partial charge is 0.250 e. The van der Waals surface area contributed by atoms with E-state index in [1.54, 1.807) is 6.07 Å². The number of nitrogens with zero attached hydrogens (tertiary/aromatic N) is 1. The molecule has 0 aliphatic heterocycles. The van der Waals surface area contributed by atoms with Crippen molar-refractivity contribution in [3.63, 3.8) is 0 Å². The van der Waals surface area contributed by atoms with Gasteiger partial charge in [0, 0.05) is 6.54 Å². The average molecular weight is 248 g/mol. The van der Waals surface area contributed by atoms with E-state index in [1.165, 1.54) is 31.9 Å². The van der Waals surface area contributed by atoms with Gasteiger partial charge in [0.05, 0.1) is 17.4 Å². The maximum absolute atomic E-state index is 11.2. The highest BCUT2D eigenvalue weighted by Crippen LogP contribution is 2.37. The standard InChI is InChI=1S/C13H20N4O/c1-13(4-2-3-5-13)8-17-11-6-9(12(15)18)10(14)7-16-11/h6-7H,2-5,8,14H2,1H3,(H2,15,18)(H,16,17). The molecule has 1 fully saturated rings. The van der Waals surface area contributed by atoms with E-state index >= 15 is 0 Å². The van der Waals surface area contributed by atoms with Crippen LogP contribution in [-0.2, 0) is 0 Å². The number of nitrogens with two attached hydrogens (primary N) is 2. The van der Waals surface area contributed by atoms with Crippen LogP contribution in [0.15, 0.2) is 12.3 Å². The lowest BCUT2D eigenvalue weighted by Crippen LogP contribution is -2.23. The Morgan fingerprint density at radius 1 is 1.50 bits per heavy atom. The van der Waals surface area contributed by atoms with E-state index in [9.17, 15) is 4.79 Å². The highest BCUT2D eigenvalue weighted by Gasteiger charge is 2.28. The predicted molar refractivity (Wildman–Crippen MR) is 72.2 cm³/mol. The number of anilines is 2. The lowest BCUT2D eigenvalue weighted by molar-refractivity contribution is 0.100. The molecule has 0 spiro atoms. The molecule has 1 saturated carbocycles. The van der Waals surface area contributed by atoms with Gasteiger partial charge in [0.25, 0.3) is 5.91 Å². The summed E-state index contributed by atoms with van der Waals surface area (Å²) in [4.78, 5) is 15.4. The van der Waals surface area contributed by atoms with E-state index in [1.807, 2.05) is 0 Å². The minimum atomic E-state index is -0.523. The summed E-state index contributed by atoms with van der Waals surface area (Å²) < 4.78 is 0. The third-order valence-electron chi connectivity index (χ3n) is 3.71. The Hall–Kier alpha value is -1.78. The summed E-state index contributed by atoms with van der Waals surface area (Å²) in [6.07, 6.45) is 6.52. The van der Waals surface area contributed by atoms with Crippen LogP contribution >= 0.6 is 0 Å². The van der Waals surface area contributed by atoms with Crippen molar-refractivity contribution in [2.24, 2.45) is 11.1 Å². The molecular formula is C13H20N4O. The fourth-order valence-corrected chi connectivity index (χ4v) is 2.49. The molecule has 98 valence electrons. The predicted octanol–water partition coefficient (Wildman–Crippen LogP) is 1.75. The Balaban J connectivity index is 2.05. The lowest BCUT2D eigenvalue weighted by atomic mass is 9.89. The van der Waals surface area contributed by atoms with Crippen molar-refractivity contribution >= 4 is 17.4 Å². The number of nitrogen functional groups attached to an aromatic ring is 1. The first-order valence-electron chi connectivity index (χ1n) is 6.29. The fourth-order valence-electron chi connectivity index (χ4n) is 2.49. The van der Waals surface area contributed by atoms with Gasteiger partial charge >= 0.3 is 0 Å². The van der Waals surface area contributed by atoms with Crippen molar-refractivity contribution in [3.8, 4) is 0 Å². The van der Waals surface area contributed by atoms with Crippen molar-refractivity contribution in [2.75, 3.05) is 17.6 Å². The fraction of sp³-hybridized carbons (Fsp3) is 0.538. The van der Waals surface area contributed by atoms with E-state index in [2.05, 4.69) is 17.2 Å². The number of amides is 1. The summed E-state index contributed by atoms with van der Waals surface area (Å²) in [7, 11) is 0. The van der Waals surface area contributed by atoms with Gasteiger partial charge < -0.3 is 16.8 Å². The normalized spacial score (nSPS) is 17.6. The molecule has 0 bridgehead atoms. The summed E-state index contributed by atoms with van der Waals surface area (Å²) in [5, 5.41) is 3.28. The number of pyridine rings is 1. The summed E-state index contributed by atoms with van der Waals surface area (Å²) in [5.41, 5.74) is 11.9. The molecule has 1 aromatic heterocycles. The maximum atomic E-state index is 11.2. The Bertz CT molecular complexity index is 452. The molecule has 0 saturated heterocycles. The molecule has 1 aliphatic rings. The number of aromatic nitrogens is 1. The zero-order valence-corrected chi connectivity index (χ0v) is 10.7. The number of carbonyl (C=O) groups is 1. The summed E-state index contributed by atoms with van der Waals surface area (Å²) in [6, 6.07) is 1.62. The molecule has 0 atom stereocenters. The van der Waals surface area contributed by atoms with Gasteiger partial charge in [-0.1, -0.05) is 19.8 Å². The molecule has 1 aromatic rings. The van der Waals surface area contributed by atoms with Gasteiger partial charge in [-0.3, -0.25) is 4.79 Å². The number of carbonyl (C=O) groups excluding carboxylic acids is 1. The van der Waals surface area contributed by atoms with Crippen LogP contribution < -0.4 is 16.8 Å². The number of primary amides is 1. The maximum Gasteiger partial charge on any atom is 0.250 e. The second-order valence-corrected chi connectivity index (χ2v) is 5.39. The van der Waals surface area contributed by atoms with Crippen LogP contribution in [0, 0.1) is 5.41 Å². The van der Waals surface area contributed by atoms with Crippen LogP contribution in [0.25, 0.3) is 0 Å². The van der Waals surface area contributed by atoms with Crippen molar-refractivity contribution in [3.05, 3.63) is 17.8 Å². The molecule has 5 nitrogen and oxygen atoms in total. The zero-order valence-electron chi connectivity index (χ0n) is 10.7. The molecular weight excluding hydrogens is 228 g/mol. The van der Waals surface area contributed by atoms with Gasteiger partial charge in [-0.15, -0.1) is 0 Å². The van der Waals surface area contributed by atoms with Crippen molar-refractivity contribution in [1.82, 2.24) is 4.98 Å². The molecule has 5 N–H and O–H groups in total. The topological polar surface area (TPSA) is 94.0 Å². The number of hydrogen-bond acceptors (Lipinski definition) is 4. The van der Waals surface area contributed by atoms with Gasteiger partial charge in [0.15, 0.2) is 0 Å². The minimum absolute atomic E-state index is 0.320. The number of hydrogen-bond donors (Lipinski definition) is 3. The first-order chi connectivity index (χ1) is 8.50. The van der Waals surface area contributed by atoms with Gasteiger partial charge in [0.2, 0.25) is 0 Å². The minimum Gasteiger partial charge on any atom is -0.397 e. The van der Waals surface area contributed by atoms with Crippen LogP contribution in [0.1, 0.15) is 43.0 Å². The quantitative estimate of drug-likeness (QED) is 0.756. The zero-order chi connectivity index (χ0) is 13.2. The molecule has 0 radical (unpaired) electrons. The summed E-state index contributed by atoms with van der Waals surface area (Å²) in [6.45, 7) is 3.14. The molecule has 0 aromatic carbocycles. The van der Waals surface area contributed by atoms with Crippen molar-refractivity contribution in [1.29, 1.82) is 0 Å². The van der Waals surface area contributed by atoms with E-state index < -0.39 is 5.91 Å². The first kappa shape index (κ1) is 12.7. The van der Waals surface area contributed by atoms with E-state index in [0.717, 1.165) is 6.54 Å². The van der Waals surface area contributed by atoms with E-state index in [4.69, 9.17) is 11.5 Å². The van der Waals surface area contributed by atoms with E-state index in [-0.39, 0.29) is 0 Å². The van der Waals surface area contributed by atoms with Gasteiger partial charge in [-0.05, 0) is 24.3 Å². The molecule has 2 rings (SSSR count). The van der Waals surface area contributed by atoms with Crippen LogP contribution in [-0.4, -0.2) is 17.4 Å². The van der Waals surface area contributed by atoms with Gasteiger partial charge in [0.1, 0.15) is 5.82 Å². The van der Waals surface area contributed by atoms with Gasteiger partial charge in [-0.2, -0.15) is 0 Å². The Morgan fingerprint density at radius 2 is 2.17 bits per heavy atom. The van der Waals surface area contributed by atoms with Crippen molar-refractivity contribution < 1.29 is 4.79 Å². The number of rotatable bonds is 4. The highest BCUT2D eigenvalue weighted by molar-refractivity contribution is 5.98. The molecule has 0 unspecified atom stereocenters. The molecule has 1 heterocycles. The van der Waals surface area contributed by atoms with Crippen LogP contribution in [0.2, 0.25) is 0 Å². The molecule has 1 amide bonds. The monoisotopic (exact) mass is 248 g/mol. The van der Waals surface area contributed by atoms with Gasteiger partial charge in [-0.25, -0.2) is 4.98 Å². The Kier molecular flexibility index (Phi) is 3.41. The third-order valence-corrected chi connectivity index (χ3v) is 3.71. The SMILES string of the molecule is CC1(CNc2cc(C(N)=O)c(N)cn2)CCCC1. The largest absolute Gasteiger partial charge is 0.397 e. The first-order valence-corrected chi connectivity index (χ1v) is 6.29. The van der Waals surface area contributed by atoms with Crippen LogP contribution in [0.5, 0.6) is 0 Å². The van der Waals surface area contributed by atoms with Crippen LogP contribution in [0.3, 0.4) is 0 Å². The Morgan fingerprint density at radius 3 is 2.78 bits per heavy atom. The second-order valence-electron chi connectivity index (χ2n) is 5.39. The molecule has 18 heavy (non-hydrogen) atoms. The Labute approximate surface area is 107 Å². The second kappa shape index (κ2) is 4.84. The molecule has 1 aliphatic carbocycles. The lowest BCUT2D eigenvalue weighted by Gasteiger charge is -2.24. The third kappa shape index (κ3) is 2.72. The number of nitrogens with one attached hydrogen (secondary N) is 1. The summed E-state index contributed by atoms with van der Waals surface area (Å²) in [5.74, 6) is 0.135. The molecule has 5 heteroatoms. The summed E-state index contributed by atoms with van der Waals surface area (Å²) >= 11 is 0. The highest BCUT2D eigenvalue weighted by atomic mass is 16.1. The van der Waals surface area contributed by atoms with E-state index in [0.29, 0.717) is 22.5 Å².